The maximum atomic E-state index is 13.0. The number of allylic oxidation sites excluding steroid dienone is 1. The average Bonchev–Trinajstić information content (AvgIpc) is 3.06. The van der Waals surface area contributed by atoms with Gasteiger partial charge >= 0.3 is 6.18 Å². The van der Waals surface area contributed by atoms with Gasteiger partial charge in [0, 0.05) is 11.0 Å². The topological polar surface area (TPSA) is 64.4 Å². The molecule has 9 heteroatoms. The monoisotopic (exact) mass is 466 g/mol. The van der Waals surface area contributed by atoms with Gasteiger partial charge in [0.25, 0.3) is 5.56 Å². The minimum absolute atomic E-state index is 0.00577. The molecule has 0 bridgehead atoms. The molecule has 2 aromatic carbocycles. The number of alkyl halides is 3. The van der Waals surface area contributed by atoms with Crippen molar-refractivity contribution < 1.29 is 23.0 Å². The zero-order valence-electron chi connectivity index (χ0n) is 15.0. The van der Waals surface area contributed by atoms with E-state index < -0.39 is 11.7 Å². The molecular weight excluding hydrogens is 453 g/mol. The van der Waals surface area contributed by atoms with Gasteiger partial charge in [-0.25, -0.2) is 4.98 Å². The van der Waals surface area contributed by atoms with Gasteiger partial charge in [0.15, 0.2) is 11.5 Å². The molecule has 150 valence electrons. The summed E-state index contributed by atoms with van der Waals surface area (Å²) in [6.45, 7) is 0.386. The van der Waals surface area contributed by atoms with E-state index in [1.165, 1.54) is 23.8 Å². The largest absolute Gasteiger partial charge is 0.504 e. The number of phenols is 1. The molecule has 0 atom stereocenters. The van der Waals surface area contributed by atoms with Crippen molar-refractivity contribution >= 4 is 38.5 Å². The molecule has 29 heavy (non-hydrogen) atoms. The van der Waals surface area contributed by atoms with E-state index in [0.29, 0.717) is 34.4 Å². The van der Waals surface area contributed by atoms with E-state index in [1.807, 2.05) is 0 Å². The standard InChI is InChI=1S/C20H14BrF3N2O3/c1-29-17-7-11(14(21)9-16(17)27)6-10-4-5-26-18(10)25-15-8-12(20(22,23)24)2-3-13(15)19(26)28/h2-3,6-9,27H,4-5H2,1H3. The normalized spacial score (nSPS) is 15.1. The van der Waals surface area contributed by atoms with Crippen LogP contribution in [0.5, 0.6) is 11.5 Å². The SMILES string of the molecule is COc1cc(C=C2CCn3c2nc2cc(C(F)(F)F)ccc2c3=O)c(Br)cc1O. The molecular formula is C20H14BrF3N2O3. The highest BCUT2D eigenvalue weighted by molar-refractivity contribution is 9.10. The zero-order valence-corrected chi connectivity index (χ0v) is 16.6. The molecule has 0 radical (unpaired) electrons. The minimum atomic E-state index is -4.52. The number of hydrogen-bond donors (Lipinski definition) is 1. The molecule has 0 saturated heterocycles. The van der Waals surface area contributed by atoms with E-state index in [1.54, 1.807) is 12.1 Å². The van der Waals surface area contributed by atoms with Crippen LogP contribution in [0.2, 0.25) is 0 Å². The van der Waals surface area contributed by atoms with Gasteiger partial charge in [-0.2, -0.15) is 13.2 Å². The summed E-state index contributed by atoms with van der Waals surface area (Å²) in [7, 11) is 1.43. The maximum Gasteiger partial charge on any atom is 0.416 e. The van der Waals surface area contributed by atoms with Crippen LogP contribution < -0.4 is 10.3 Å². The molecule has 5 nitrogen and oxygen atoms in total. The number of hydrogen-bond acceptors (Lipinski definition) is 4. The number of nitrogens with zero attached hydrogens (tertiary/aromatic N) is 2. The Bertz CT molecular complexity index is 1230. The van der Waals surface area contributed by atoms with Crippen molar-refractivity contribution in [3.63, 3.8) is 0 Å². The molecule has 1 aliphatic rings. The summed E-state index contributed by atoms with van der Waals surface area (Å²) < 4.78 is 46.3. The first kappa shape index (κ1) is 19.5. The van der Waals surface area contributed by atoms with Crippen LogP contribution in [-0.2, 0) is 12.7 Å². The lowest BCUT2D eigenvalue weighted by atomic mass is 10.1. The van der Waals surface area contributed by atoms with Gasteiger partial charge < -0.3 is 9.84 Å². The van der Waals surface area contributed by atoms with E-state index in [2.05, 4.69) is 20.9 Å². The lowest BCUT2D eigenvalue weighted by Gasteiger charge is -2.10. The van der Waals surface area contributed by atoms with Crippen molar-refractivity contribution in [3.8, 4) is 11.5 Å². The van der Waals surface area contributed by atoms with Crippen LogP contribution in [0.4, 0.5) is 13.2 Å². The Morgan fingerprint density at radius 2 is 2.03 bits per heavy atom. The summed E-state index contributed by atoms with van der Waals surface area (Å²) in [5, 5.41) is 10.0. The zero-order chi connectivity index (χ0) is 20.9. The molecule has 3 aromatic rings. The Morgan fingerprint density at radius 3 is 2.72 bits per heavy atom. The predicted octanol–water partition coefficient (Wildman–Crippen LogP) is 4.84. The van der Waals surface area contributed by atoms with Crippen LogP contribution in [0.15, 0.2) is 39.6 Å². The number of benzene rings is 2. The lowest BCUT2D eigenvalue weighted by Crippen LogP contribution is -2.21. The average molecular weight is 467 g/mol. The Kier molecular flexibility index (Phi) is 4.65. The summed E-state index contributed by atoms with van der Waals surface area (Å²) in [5.74, 6) is 0.575. The molecule has 1 aliphatic heterocycles. The number of methoxy groups -OCH3 is 1. The summed E-state index contributed by atoms with van der Waals surface area (Å²) in [4.78, 5) is 17.1. The van der Waals surface area contributed by atoms with Crippen LogP contribution in [0, 0.1) is 0 Å². The number of phenolic OH excluding ortho intramolecular Hbond substituents is 1. The van der Waals surface area contributed by atoms with Crippen LogP contribution in [0.3, 0.4) is 0 Å². The molecule has 2 heterocycles. The molecule has 0 aliphatic carbocycles. The van der Waals surface area contributed by atoms with Crippen molar-refractivity contribution in [1.82, 2.24) is 9.55 Å². The third-order valence-corrected chi connectivity index (χ3v) is 5.49. The van der Waals surface area contributed by atoms with Gasteiger partial charge in [-0.1, -0.05) is 15.9 Å². The highest BCUT2D eigenvalue weighted by Crippen LogP contribution is 2.36. The fourth-order valence-corrected chi connectivity index (χ4v) is 3.80. The smallest absolute Gasteiger partial charge is 0.416 e. The quantitative estimate of drug-likeness (QED) is 0.586. The second-order valence-corrected chi connectivity index (χ2v) is 7.44. The lowest BCUT2D eigenvalue weighted by molar-refractivity contribution is -0.137. The number of fused-ring (bicyclic) bond motifs is 2. The van der Waals surface area contributed by atoms with Crippen LogP contribution in [-0.4, -0.2) is 21.8 Å². The highest BCUT2D eigenvalue weighted by Gasteiger charge is 2.31. The van der Waals surface area contributed by atoms with Crippen molar-refractivity contribution in [1.29, 1.82) is 0 Å². The van der Waals surface area contributed by atoms with E-state index in [-0.39, 0.29) is 28.0 Å². The number of halogens is 4. The minimum Gasteiger partial charge on any atom is -0.504 e. The van der Waals surface area contributed by atoms with Crippen molar-refractivity contribution in [2.24, 2.45) is 0 Å². The van der Waals surface area contributed by atoms with Crippen molar-refractivity contribution in [2.45, 2.75) is 19.1 Å². The van der Waals surface area contributed by atoms with Gasteiger partial charge in [-0.3, -0.25) is 9.36 Å². The molecule has 0 fully saturated rings. The van der Waals surface area contributed by atoms with E-state index in [9.17, 15) is 23.1 Å². The van der Waals surface area contributed by atoms with Gasteiger partial charge in [-0.05, 0) is 54.0 Å². The Morgan fingerprint density at radius 1 is 1.28 bits per heavy atom. The second-order valence-electron chi connectivity index (χ2n) is 6.59. The number of aromatic hydroxyl groups is 1. The Labute approximate surface area is 171 Å². The summed E-state index contributed by atoms with van der Waals surface area (Å²) >= 11 is 3.37. The van der Waals surface area contributed by atoms with Gasteiger partial charge in [-0.15, -0.1) is 0 Å². The fraction of sp³-hybridized carbons (Fsp3) is 0.200. The maximum absolute atomic E-state index is 13.0. The molecule has 0 unspecified atom stereocenters. The molecule has 0 amide bonds. The first-order valence-electron chi connectivity index (χ1n) is 8.58. The molecule has 0 saturated carbocycles. The molecule has 1 aromatic heterocycles. The van der Waals surface area contributed by atoms with Gasteiger partial charge in [0.05, 0.1) is 23.6 Å². The Hall–Kier alpha value is -2.81. The third-order valence-electron chi connectivity index (χ3n) is 4.80. The Balaban J connectivity index is 1.88. The molecule has 4 rings (SSSR count). The summed E-state index contributed by atoms with van der Waals surface area (Å²) in [6.07, 6.45) is -2.24. The molecule has 0 spiro atoms. The van der Waals surface area contributed by atoms with Crippen molar-refractivity contribution in [2.75, 3.05) is 7.11 Å². The summed E-state index contributed by atoms with van der Waals surface area (Å²) in [6, 6.07) is 6.06. The number of ether oxygens (including phenoxy) is 1. The van der Waals surface area contributed by atoms with E-state index >= 15 is 0 Å². The third kappa shape index (κ3) is 3.39. The van der Waals surface area contributed by atoms with Crippen LogP contribution in [0.25, 0.3) is 22.6 Å². The molecule has 1 N–H and O–H groups in total. The van der Waals surface area contributed by atoms with Gasteiger partial charge in [0.1, 0.15) is 5.82 Å². The first-order chi connectivity index (χ1) is 13.7. The highest BCUT2D eigenvalue weighted by atomic mass is 79.9. The predicted molar refractivity (Wildman–Crippen MR) is 106 cm³/mol. The van der Waals surface area contributed by atoms with E-state index in [4.69, 9.17) is 4.74 Å². The van der Waals surface area contributed by atoms with Crippen molar-refractivity contribution in [3.05, 3.63) is 62.1 Å². The fourth-order valence-electron chi connectivity index (χ4n) is 3.35. The number of aromatic nitrogens is 2. The summed E-state index contributed by atoms with van der Waals surface area (Å²) in [5.41, 5.74) is 0.170. The first-order valence-corrected chi connectivity index (χ1v) is 9.37. The van der Waals surface area contributed by atoms with E-state index in [0.717, 1.165) is 12.1 Å². The van der Waals surface area contributed by atoms with Crippen LogP contribution in [0.1, 0.15) is 23.4 Å². The second kappa shape index (κ2) is 6.91. The number of rotatable bonds is 2. The van der Waals surface area contributed by atoms with Gasteiger partial charge in [0.2, 0.25) is 0 Å². The van der Waals surface area contributed by atoms with Crippen LogP contribution >= 0.6 is 15.9 Å².